The summed E-state index contributed by atoms with van der Waals surface area (Å²) in [4.78, 5) is 17.5. The molecule has 1 aliphatic heterocycles. The smallest absolute Gasteiger partial charge is 0.219 e. The molecule has 1 unspecified atom stereocenters. The van der Waals surface area contributed by atoms with Gasteiger partial charge in [0.05, 0.1) is 12.7 Å². The fraction of sp³-hybridized carbons (Fsp3) is 0.500. The molecular weight excluding hydrogens is 292 g/mol. The number of ether oxygens (including phenoxy) is 2. The van der Waals surface area contributed by atoms with Crippen LogP contribution in [0.3, 0.4) is 0 Å². The van der Waals surface area contributed by atoms with Crippen molar-refractivity contribution in [3.8, 4) is 5.75 Å². The van der Waals surface area contributed by atoms with E-state index in [-0.39, 0.29) is 18.0 Å². The molecule has 1 fully saturated rings. The van der Waals surface area contributed by atoms with Crippen molar-refractivity contribution in [2.45, 2.75) is 33.0 Å². The quantitative estimate of drug-likeness (QED) is 0.837. The van der Waals surface area contributed by atoms with E-state index in [0.717, 1.165) is 41.0 Å². The van der Waals surface area contributed by atoms with E-state index in [9.17, 15) is 4.79 Å². The van der Waals surface area contributed by atoms with Crippen LogP contribution in [0.4, 0.5) is 0 Å². The highest BCUT2D eigenvalue weighted by molar-refractivity contribution is 6.10. The minimum absolute atomic E-state index is 0.179. The number of carbonyl (C=O) groups excluding carboxylic acids is 1. The molecule has 23 heavy (non-hydrogen) atoms. The zero-order valence-corrected chi connectivity index (χ0v) is 14.2. The zero-order valence-electron chi connectivity index (χ0n) is 14.2. The number of benzene rings is 1. The Hall–Kier alpha value is -1.85. The van der Waals surface area contributed by atoms with Crippen molar-refractivity contribution in [1.29, 1.82) is 0 Å². The second-order valence-electron chi connectivity index (χ2n) is 6.55. The first kappa shape index (κ1) is 16.0. The molecule has 1 aliphatic rings. The lowest BCUT2D eigenvalue weighted by molar-refractivity contribution is -0.906. The van der Waals surface area contributed by atoms with Gasteiger partial charge < -0.3 is 19.4 Å². The monoisotopic (exact) mass is 317 g/mol. The van der Waals surface area contributed by atoms with Gasteiger partial charge in [-0.05, 0) is 39.0 Å². The van der Waals surface area contributed by atoms with Crippen LogP contribution in [0.5, 0.6) is 5.75 Å². The molecule has 3 rings (SSSR count). The molecule has 124 valence electrons. The van der Waals surface area contributed by atoms with Crippen LogP contribution in [0.15, 0.2) is 18.2 Å². The SMILES string of the molecule is COc1ccc2[nH]c(C)c(C(=O)C[NH+]3C[C@@H](C)O[C@@H](C)C3)c2c1. The molecule has 5 heteroatoms. The molecule has 5 nitrogen and oxygen atoms in total. The minimum Gasteiger partial charge on any atom is -0.497 e. The van der Waals surface area contributed by atoms with Gasteiger partial charge >= 0.3 is 0 Å². The topological polar surface area (TPSA) is 55.8 Å². The summed E-state index contributed by atoms with van der Waals surface area (Å²) < 4.78 is 11.1. The number of carbonyl (C=O) groups is 1. The molecule has 1 aromatic heterocycles. The summed E-state index contributed by atoms with van der Waals surface area (Å²) in [5.74, 6) is 0.949. The fourth-order valence-corrected chi connectivity index (χ4v) is 3.64. The summed E-state index contributed by atoms with van der Waals surface area (Å²) in [5, 5.41) is 0.945. The Morgan fingerprint density at radius 2 is 2.04 bits per heavy atom. The molecule has 1 saturated heterocycles. The van der Waals surface area contributed by atoms with E-state index in [2.05, 4.69) is 18.8 Å². The largest absolute Gasteiger partial charge is 0.497 e. The summed E-state index contributed by atoms with van der Waals surface area (Å²) >= 11 is 0. The normalized spacial score (nSPS) is 24.8. The molecule has 0 bridgehead atoms. The molecule has 0 saturated carbocycles. The number of methoxy groups -OCH3 is 1. The molecule has 3 atom stereocenters. The van der Waals surface area contributed by atoms with Gasteiger partial charge in [0.2, 0.25) is 5.78 Å². The van der Waals surface area contributed by atoms with Gasteiger partial charge in [0.25, 0.3) is 0 Å². The molecule has 2 N–H and O–H groups in total. The number of ketones is 1. The summed E-state index contributed by atoms with van der Waals surface area (Å²) in [6.45, 7) is 8.36. The standard InChI is InChI=1S/C18H24N2O3/c1-11-8-20(9-12(2)23-11)10-17(21)18-13(3)19-16-6-5-14(22-4)7-15(16)18/h5-7,11-12,19H,8-10H2,1-4H3/p+1/t11-,12+. The third kappa shape index (κ3) is 3.26. The summed E-state index contributed by atoms with van der Waals surface area (Å²) in [7, 11) is 1.64. The Kier molecular flexibility index (Phi) is 4.41. The van der Waals surface area contributed by atoms with Crippen molar-refractivity contribution in [3.05, 3.63) is 29.5 Å². The second kappa shape index (κ2) is 6.34. The molecule has 2 aromatic rings. The number of aryl methyl sites for hydroxylation is 1. The van der Waals surface area contributed by atoms with E-state index < -0.39 is 0 Å². The molecule has 0 radical (unpaired) electrons. The number of hydrogen-bond acceptors (Lipinski definition) is 3. The first-order valence-corrected chi connectivity index (χ1v) is 8.16. The number of Topliss-reactive ketones (excluding diaryl/α,β-unsaturated/α-hetero) is 1. The molecule has 0 spiro atoms. The first-order valence-electron chi connectivity index (χ1n) is 8.16. The molecular formula is C18H25N2O3+. The van der Waals surface area contributed by atoms with Crippen molar-refractivity contribution < 1.29 is 19.2 Å². The number of morpholine rings is 1. The number of aromatic nitrogens is 1. The maximum absolute atomic E-state index is 12.9. The van der Waals surface area contributed by atoms with E-state index in [4.69, 9.17) is 9.47 Å². The zero-order chi connectivity index (χ0) is 16.6. The summed E-state index contributed by atoms with van der Waals surface area (Å²) in [6.07, 6.45) is 0.399. The molecule has 0 amide bonds. The van der Waals surface area contributed by atoms with Crippen molar-refractivity contribution in [2.75, 3.05) is 26.7 Å². The van der Waals surface area contributed by atoms with E-state index in [1.165, 1.54) is 4.90 Å². The van der Waals surface area contributed by atoms with Crippen molar-refractivity contribution in [1.82, 2.24) is 4.98 Å². The van der Waals surface area contributed by atoms with E-state index >= 15 is 0 Å². The highest BCUT2D eigenvalue weighted by Gasteiger charge is 2.29. The van der Waals surface area contributed by atoms with Crippen LogP contribution in [-0.4, -0.2) is 49.7 Å². The van der Waals surface area contributed by atoms with Gasteiger partial charge in [0.1, 0.15) is 37.6 Å². The average molecular weight is 317 g/mol. The highest BCUT2D eigenvalue weighted by Crippen LogP contribution is 2.26. The average Bonchev–Trinajstić information content (AvgIpc) is 2.80. The van der Waals surface area contributed by atoms with Gasteiger partial charge in [-0.2, -0.15) is 0 Å². The van der Waals surface area contributed by atoms with Crippen LogP contribution >= 0.6 is 0 Å². The lowest BCUT2D eigenvalue weighted by atomic mass is 10.1. The lowest BCUT2D eigenvalue weighted by Gasteiger charge is -2.31. The number of rotatable bonds is 4. The Morgan fingerprint density at radius 1 is 1.35 bits per heavy atom. The van der Waals surface area contributed by atoms with Crippen LogP contribution < -0.4 is 9.64 Å². The van der Waals surface area contributed by atoms with Crippen LogP contribution in [0.2, 0.25) is 0 Å². The van der Waals surface area contributed by atoms with Gasteiger partial charge in [0, 0.05) is 16.6 Å². The lowest BCUT2D eigenvalue weighted by Crippen LogP contribution is -3.16. The number of hydrogen-bond donors (Lipinski definition) is 2. The van der Waals surface area contributed by atoms with Crippen molar-refractivity contribution in [2.24, 2.45) is 0 Å². The maximum Gasteiger partial charge on any atom is 0.219 e. The maximum atomic E-state index is 12.9. The van der Waals surface area contributed by atoms with Crippen LogP contribution in [0, 0.1) is 6.92 Å². The number of H-pyrrole nitrogens is 1. The van der Waals surface area contributed by atoms with E-state index in [0.29, 0.717) is 6.54 Å². The summed E-state index contributed by atoms with van der Waals surface area (Å²) in [5.41, 5.74) is 2.69. The Labute approximate surface area is 136 Å². The van der Waals surface area contributed by atoms with Gasteiger partial charge in [0.15, 0.2) is 0 Å². The third-order valence-corrected chi connectivity index (χ3v) is 4.50. The van der Waals surface area contributed by atoms with Crippen molar-refractivity contribution >= 4 is 16.7 Å². The van der Waals surface area contributed by atoms with Crippen LogP contribution in [0.25, 0.3) is 10.9 Å². The number of quaternary nitrogens is 1. The summed E-state index contributed by atoms with van der Waals surface area (Å²) in [6, 6.07) is 5.80. The number of fused-ring (bicyclic) bond motifs is 1. The fourth-order valence-electron chi connectivity index (χ4n) is 3.64. The Balaban J connectivity index is 1.87. The highest BCUT2D eigenvalue weighted by atomic mass is 16.5. The predicted molar refractivity (Wildman–Crippen MR) is 89.5 cm³/mol. The van der Waals surface area contributed by atoms with Crippen LogP contribution in [-0.2, 0) is 4.74 Å². The van der Waals surface area contributed by atoms with E-state index in [1.807, 2.05) is 25.1 Å². The number of nitrogens with one attached hydrogen (secondary N) is 2. The molecule has 0 aliphatic carbocycles. The van der Waals surface area contributed by atoms with Gasteiger partial charge in [-0.3, -0.25) is 4.79 Å². The van der Waals surface area contributed by atoms with Crippen LogP contribution in [0.1, 0.15) is 29.9 Å². The Bertz CT molecular complexity index is 712. The number of aromatic amines is 1. The third-order valence-electron chi connectivity index (χ3n) is 4.50. The van der Waals surface area contributed by atoms with Gasteiger partial charge in [-0.1, -0.05) is 0 Å². The first-order chi connectivity index (χ1) is 11.0. The van der Waals surface area contributed by atoms with Gasteiger partial charge in [-0.25, -0.2) is 0 Å². The molecule has 2 heterocycles. The van der Waals surface area contributed by atoms with Gasteiger partial charge in [-0.15, -0.1) is 0 Å². The van der Waals surface area contributed by atoms with Crippen molar-refractivity contribution in [3.63, 3.8) is 0 Å². The molecule has 1 aromatic carbocycles. The minimum atomic E-state index is 0.179. The Morgan fingerprint density at radius 3 is 2.70 bits per heavy atom. The predicted octanol–water partition coefficient (Wildman–Crippen LogP) is 1.36. The van der Waals surface area contributed by atoms with E-state index in [1.54, 1.807) is 7.11 Å². The second-order valence-corrected chi connectivity index (χ2v) is 6.55.